The van der Waals surface area contributed by atoms with Crippen molar-refractivity contribution in [2.24, 2.45) is 0 Å². The highest BCUT2D eigenvalue weighted by Gasteiger charge is 2.23. The van der Waals surface area contributed by atoms with Crippen molar-refractivity contribution in [3.8, 4) is 23.8 Å². The molecule has 142 valence electrons. The predicted molar refractivity (Wildman–Crippen MR) is 102 cm³/mol. The molecular weight excluding hydrogens is 356 g/mol. The summed E-state index contributed by atoms with van der Waals surface area (Å²) >= 11 is 0. The molecule has 2 aliphatic heterocycles. The first-order valence-corrected chi connectivity index (χ1v) is 8.72. The van der Waals surface area contributed by atoms with Crippen molar-refractivity contribution in [1.29, 1.82) is 0 Å². The molecule has 0 spiro atoms. The van der Waals surface area contributed by atoms with Gasteiger partial charge in [0.1, 0.15) is 30.8 Å². The quantitative estimate of drug-likeness (QED) is 0.706. The average molecular weight is 381 g/mol. The van der Waals surface area contributed by atoms with Crippen LogP contribution < -0.4 is 14.8 Å². The van der Waals surface area contributed by atoms with Crippen molar-refractivity contribution in [2.75, 3.05) is 38.2 Å². The lowest BCUT2D eigenvalue weighted by atomic mass is 10.0. The molecular formula is C19H25ClN2O4. The summed E-state index contributed by atoms with van der Waals surface area (Å²) in [6.45, 7) is 3.07. The van der Waals surface area contributed by atoms with Crippen LogP contribution in [0.1, 0.15) is 24.8 Å². The number of benzene rings is 1. The number of β-amino-alcohol motifs (C(OH)–C–C–N with tert-alkyl or cyclic N) is 1. The van der Waals surface area contributed by atoms with E-state index in [1.165, 1.54) is 12.8 Å². The number of fused-ring (bicyclic) bond motifs is 1. The fraction of sp³-hybridized carbons (Fsp3) is 0.526. The molecule has 0 saturated carbocycles. The normalized spacial score (nSPS) is 17.5. The molecule has 3 rings (SSSR count). The number of nitrogens with zero attached hydrogens (tertiary/aromatic N) is 1. The van der Waals surface area contributed by atoms with E-state index in [0.717, 1.165) is 18.7 Å². The van der Waals surface area contributed by atoms with Gasteiger partial charge in [-0.05, 0) is 44.5 Å². The van der Waals surface area contributed by atoms with E-state index < -0.39 is 6.10 Å². The zero-order chi connectivity index (χ0) is 17.6. The average Bonchev–Trinajstić information content (AvgIpc) is 3.11. The Morgan fingerprint density at radius 1 is 1.23 bits per heavy atom. The van der Waals surface area contributed by atoms with Crippen LogP contribution in [0.3, 0.4) is 0 Å². The molecule has 0 radical (unpaired) electrons. The minimum absolute atomic E-state index is 0. The van der Waals surface area contributed by atoms with E-state index in [0.29, 0.717) is 36.6 Å². The summed E-state index contributed by atoms with van der Waals surface area (Å²) < 4.78 is 11.4. The second-order valence-corrected chi connectivity index (χ2v) is 6.43. The van der Waals surface area contributed by atoms with E-state index >= 15 is 0 Å². The standard InChI is InChI=1S/C19H24N2O4.ClH/c1-2-11-24-17-7-6-16(15-5-8-18(23)20-19(15)17)25-13-14(22)12-21-9-3-4-10-21;/h1,6-7,14,22H,3-5,8-13H2,(H,20,23);1H. The Bertz CT molecular complexity index is 668. The summed E-state index contributed by atoms with van der Waals surface area (Å²) in [5.74, 6) is 3.58. The number of terminal acetylenes is 1. The van der Waals surface area contributed by atoms with Crippen LogP contribution in [0, 0.1) is 12.3 Å². The van der Waals surface area contributed by atoms with E-state index in [4.69, 9.17) is 15.9 Å². The van der Waals surface area contributed by atoms with Crippen LogP contribution in [0.4, 0.5) is 5.69 Å². The SMILES string of the molecule is C#CCOc1ccc(OCC(O)CN2CCCC2)c2c1NC(=O)CC2.Cl. The van der Waals surface area contributed by atoms with Gasteiger partial charge >= 0.3 is 0 Å². The largest absolute Gasteiger partial charge is 0.490 e. The number of ether oxygens (including phenoxy) is 2. The Kier molecular flexibility index (Phi) is 7.58. The summed E-state index contributed by atoms with van der Waals surface area (Å²) in [5.41, 5.74) is 1.51. The number of aliphatic hydroxyl groups excluding tert-OH is 1. The summed E-state index contributed by atoms with van der Waals surface area (Å²) in [4.78, 5) is 14.0. The van der Waals surface area contributed by atoms with Crippen molar-refractivity contribution in [3.63, 3.8) is 0 Å². The van der Waals surface area contributed by atoms with E-state index in [9.17, 15) is 9.90 Å². The fourth-order valence-electron chi connectivity index (χ4n) is 3.31. The molecule has 26 heavy (non-hydrogen) atoms. The number of anilines is 1. The third-order valence-corrected chi connectivity index (χ3v) is 4.51. The maximum absolute atomic E-state index is 11.7. The molecule has 1 unspecified atom stereocenters. The predicted octanol–water partition coefficient (Wildman–Crippen LogP) is 1.84. The van der Waals surface area contributed by atoms with Gasteiger partial charge in [0.25, 0.3) is 0 Å². The highest BCUT2D eigenvalue weighted by molar-refractivity contribution is 5.96. The number of aliphatic hydroxyl groups is 1. The van der Waals surface area contributed by atoms with Crippen LogP contribution in [-0.4, -0.2) is 54.9 Å². The van der Waals surface area contributed by atoms with Crippen LogP contribution in [0.15, 0.2) is 12.1 Å². The molecule has 0 aromatic heterocycles. The fourth-order valence-corrected chi connectivity index (χ4v) is 3.31. The Morgan fingerprint density at radius 2 is 1.96 bits per heavy atom. The van der Waals surface area contributed by atoms with Crippen LogP contribution in [0.5, 0.6) is 11.5 Å². The number of amides is 1. The third kappa shape index (κ3) is 5.04. The topological polar surface area (TPSA) is 71.0 Å². The van der Waals surface area contributed by atoms with Gasteiger partial charge in [0.2, 0.25) is 5.91 Å². The molecule has 1 saturated heterocycles. The van der Waals surface area contributed by atoms with Gasteiger partial charge in [-0.25, -0.2) is 0 Å². The Hall–Kier alpha value is -1.94. The molecule has 1 fully saturated rings. The Balaban J connectivity index is 0.00000243. The van der Waals surface area contributed by atoms with Gasteiger partial charge in [-0.15, -0.1) is 18.8 Å². The number of carbonyl (C=O) groups excluding carboxylic acids is 1. The lowest BCUT2D eigenvalue weighted by Gasteiger charge is -2.24. The monoisotopic (exact) mass is 380 g/mol. The first-order valence-electron chi connectivity index (χ1n) is 8.72. The molecule has 1 amide bonds. The molecule has 1 aromatic rings. The molecule has 1 aromatic carbocycles. The molecule has 6 nitrogen and oxygen atoms in total. The Labute approximate surface area is 160 Å². The summed E-state index contributed by atoms with van der Waals surface area (Å²) in [5, 5.41) is 13.0. The smallest absolute Gasteiger partial charge is 0.224 e. The number of hydrogen-bond donors (Lipinski definition) is 2. The highest BCUT2D eigenvalue weighted by atomic mass is 35.5. The maximum atomic E-state index is 11.7. The number of carbonyl (C=O) groups is 1. The molecule has 0 bridgehead atoms. The van der Waals surface area contributed by atoms with Crippen molar-refractivity contribution < 1.29 is 19.4 Å². The highest BCUT2D eigenvalue weighted by Crippen LogP contribution is 2.38. The van der Waals surface area contributed by atoms with E-state index in [2.05, 4.69) is 16.1 Å². The molecule has 2 aliphatic rings. The summed E-state index contributed by atoms with van der Waals surface area (Å²) in [6.07, 6.45) is 8.07. The summed E-state index contributed by atoms with van der Waals surface area (Å²) in [6, 6.07) is 3.55. The van der Waals surface area contributed by atoms with E-state index in [-0.39, 0.29) is 31.5 Å². The van der Waals surface area contributed by atoms with Gasteiger partial charge in [0.05, 0.1) is 5.69 Å². The van der Waals surface area contributed by atoms with Gasteiger partial charge in [-0.3, -0.25) is 4.79 Å². The summed E-state index contributed by atoms with van der Waals surface area (Å²) in [7, 11) is 0. The second kappa shape index (κ2) is 9.67. The number of nitrogens with one attached hydrogen (secondary N) is 1. The van der Waals surface area contributed by atoms with Crippen LogP contribution >= 0.6 is 12.4 Å². The Morgan fingerprint density at radius 3 is 2.69 bits per heavy atom. The van der Waals surface area contributed by atoms with Crippen molar-refractivity contribution in [3.05, 3.63) is 17.7 Å². The second-order valence-electron chi connectivity index (χ2n) is 6.43. The molecule has 2 heterocycles. The van der Waals surface area contributed by atoms with Gasteiger partial charge in [-0.1, -0.05) is 5.92 Å². The third-order valence-electron chi connectivity index (χ3n) is 4.51. The minimum Gasteiger partial charge on any atom is -0.490 e. The van der Waals surface area contributed by atoms with Crippen LogP contribution in [-0.2, 0) is 11.2 Å². The van der Waals surface area contributed by atoms with Crippen LogP contribution in [0.25, 0.3) is 0 Å². The lowest BCUT2D eigenvalue weighted by Crippen LogP contribution is -2.33. The molecule has 7 heteroatoms. The number of halogens is 1. The van der Waals surface area contributed by atoms with E-state index in [1.54, 1.807) is 6.07 Å². The number of likely N-dealkylation sites (tertiary alicyclic amines) is 1. The number of rotatable bonds is 7. The minimum atomic E-state index is -0.538. The lowest BCUT2D eigenvalue weighted by molar-refractivity contribution is -0.116. The van der Waals surface area contributed by atoms with Crippen molar-refractivity contribution in [2.45, 2.75) is 31.8 Å². The van der Waals surface area contributed by atoms with Gasteiger partial charge in [0, 0.05) is 18.5 Å². The van der Waals surface area contributed by atoms with Crippen molar-refractivity contribution >= 4 is 24.0 Å². The molecule has 2 N–H and O–H groups in total. The molecule has 0 aliphatic carbocycles. The van der Waals surface area contributed by atoms with Gasteiger partial charge in [-0.2, -0.15) is 0 Å². The first kappa shape index (κ1) is 20.4. The van der Waals surface area contributed by atoms with E-state index in [1.807, 2.05) is 6.07 Å². The van der Waals surface area contributed by atoms with Gasteiger partial charge in [0.15, 0.2) is 0 Å². The molecule has 1 atom stereocenters. The zero-order valence-electron chi connectivity index (χ0n) is 14.7. The number of hydrogen-bond acceptors (Lipinski definition) is 5. The zero-order valence-corrected chi connectivity index (χ0v) is 15.5. The van der Waals surface area contributed by atoms with Crippen molar-refractivity contribution in [1.82, 2.24) is 4.90 Å². The van der Waals surface area contributed by atoms with Crippen LogP contribution in [0.2, 0.25) is 0 Å². The first-order chi connectivity index (χ1) is 12.2. The maximum Gasteiger partial charge on any atom is 0.224 e. The van der Waals surface area contributed by atoms with Gasteiger partial charge < -0.3 is 24.8 Å².